The van der Waals surface area contributed by atoms with Crippen LogP contribution in [0.5, 0.6) is 0 Å². The van der Waals surface area contributed by atoms with Crippen LogP contribution in [0.4, 0.5) is 0 Å². The predicted molar refractivity (Wildman–Crippen MR) is 151 cm³/mol. The molecule has 0 saturated heterocycles. The molecule has 0 radical (unpaired) electrons. The Kier molecular flexibility index (Phi) is 7.30. The molecule has 0 aliphatic carbocycles. The van der Waals surface area contributed by atoms with Gasteiger partial charge < -0.3 is 9.51 Å². The van der Waals surface area contributed by atoms with E-state index >= 15 is 0 Å². The van der Waals surface area contributed by atoms with Crippen LogP contribution in [0.2, 0.25) is 0 Å². The standard InChI is InChI=1S/C32H35N3O4/c1-19(2)22-12-13-35-25(14-22)26(29(37)31(3,4)5)24(15-32(6,7)30(38)39)27(35)28(36)21-10-8-20(9-11-21)23-16-33-18-34-17-23/h8-14,16-19H,15H2,1-7H3,(H,38,39). The lowest BCUT2D eigenvalue weighted by Crippen LogP contribution is -2.29. The highest BCUT2D eigenvalue weighted by Crippen LogP contribution is 2.37. The van der Waals surface area contributed by atoms with Crippen molar-refractivity contribution < 1.29 is 19.5 Å². The molecule has 4 rings (SSSR count). The average Bonchev–Trinajstić information content (AvgIpc) is 3.19. The van der Waals surface area contributed by atoms with Crippen LogP contribution in [0.25, 0.3) is 16.6 Å². The fourth-order valence-electron chi connectivity index (χ4n) is 4.64. The zero-order chi connectivity index (χ0) is 28.7. The van der Waals surface area contributed by atoms with Gasteiger partial charge in [0.15, 0.2) is 5.78 Å². The Morgan fingerprint density at radius 3 is 2.08 bits per heavy atom. The highest BCUT2D eigenvalue weighted by atomic mass is 16.4. The van der Waals surface area contributed by atoms with Crippen molar-refractivity contribution in [2.75, 3.05) is 0 Å². The van der Waals surface area contributed by atoms with E-state index in [-0.39, 0.29) is 23.9 Å². The third-order valence-corrected chi connectivity index (χ3v) is 7.09. The van der Waals surface area contributed by atoms with Gasteiger partial charge in [-0.15, -0.1) is 0 Å². The SMILES string of the molecule is CC(C)c1ccn2c(C(=O)c3ccc(-c4cncnc4)cc3)c(CC(C)(C)C(=O)O)c(C(=O)C(C)(C)C)c2c1. The molecule has 0 amide bonds. The Balaban J connectivity index is 1.99. The zero-order valence-electron chi connectivity index (χ0n) is 23.6. The van der Waals surface area contributed by atoms with Crippen LogP contribution in [0, 0.1) is 10.8 Å². The minimum atomic E-state index is -1.20. The Morgan fingerprint density at radius 2 is 1.54 bits per heavy atom. The first-order valence-corrected chi connectivity index (χ1v) is 13.1. The minimum Gasteiger partial charge on any atom is -0.481 e. The van der Waals surface area contributed by atoms with E-state index in [9.17, 15) is 19.5 Å². The molecule has 0 bridgehead atoms. The number of carbonyl (C=O) groups is 3. The normalized spacial score (nSPS) is 12.2. The number of hydrogen-bond donors (Lipinski definition) is 1. The van der Waals surface area contributed by atoms with Gasteiger partial charge in [-0.2, -0.15) is 0 Å². The monoisotopic (exact) mass is 525 g/mol. The van der Waals surface area contributed by atoms with Gasteiger partial charge in [0.25, 0.3) is 0 Å². The number of nitrogens with zero attached hydrogens (tertiary/aromatic N) is 3. The quantitative estimate of drug-likeness (QED) is 0.259. The van der Waals surface area contributed by atoms with E-state index in [1.807, 2.05) is 51.2 Å². The Hall–Kier alpha value is -4.13. The van der Waals surface area contributed by atoms with Crippen LogP contribution >= 0.6 is 0 Å². The van der Waals surface area contributed by atoms with Crippen LogP contribution in [0.1, 0.15) is 91.9 Å². The topological polar surface area (TPSA) is 102 Å². The molecule has 39 heavy (non-hydrogen) atoms. The number of hydrogen-bond acceptors (Lipinski definition) is 5. The van der Waals surface area contributed by atoms with Gasteiger partial charge >= 0.3 is 5.97 Å². The molecule has 7 nitrogen and oxygen atoms in total. The second-order valence-electron chi connectivity index (χ2n) is 12.1. The molecule has 3 heterocycles. The van der Waals surface area contributed by atoms with E-state index < -0.39 is 16.8 Å². The summed E-state index contributed by atoms with van der Waals surface area (Å²) in [7, 11) is 0. The number of aromatic nitrogens is 3. The van der Waals surface area contributed by atoms with E-state index in [0.29, 0.717) is 27.9 Å². The van der Waals surface area contributed by atoms with E-state index in [1.54, 1.807) is 42.8 Å². The van der Waals surface area contributed by atoms with E-state index in [4.69, 9.17) is 0 Å². The molecular formula is C32H35N3O4. The summed E-state index contributed by atoms with van der Waals surface area (Å²) in [4.78, 5) is 48.4. The van der Waals surface area contributed by atoms with Crippen molar-refractivity contribution in [2.24, 2.45) is 10.8 Å². The number of rotatable bonds is 8. The van der Waals surface area contributed by atoms with Gasteiger partial charge in [-0.3, -0.25) is 14.4 Å². The number of carbonyl (C=O) groups excluding carboxylic acids is 2. The maximum Gasteiger partial charge on any atom is 0.309 e. The van der Waals surface area contributed by atoms with Crippen molar-refractivity contribution in [3.8, 4) is 11.1 Å². The number of Topliss-reactive ketones (excluding diaryl/α,β-unsaturated/α-hetero) is 1. The summed E-state index contributed by atoms with van der Waals surface area (Å²) >= 11 is 0. The third kappa shape index (κ3) is 5.39. The Labute approximate surface area is 228 Å². The van der Waals surface area contributed by atoms with Gasteiger partial charge in [0.05, 0.1) is 16.6 Å². The fraction of sp³-hybridized carbons (Fsp3) is 0.344. The summed E-state index contributed by atoms with van der Waals surface area (Å²) in [5.41, 5.74) is 3.04. The molecule has 0 aliphatic rings. The summed E-state index contributed by atoms with van der Waals surface area (Å²) < 4.78 is 1.76. The van der Waals surface area contributed by atoms with Crippen LogP contribution < -0.4 is 0 Å². The van der Waals surface area contributed by atoms with Gasteiger partial charge in [-0.05, 0) is 55.0 Å². The van der Waals surface area contributed by atoms with Crippen LogP contribution in [0.3, 0.4) is 0 Å². The van der Waals surface area contributed by atoms with Gasteiger partial charge in [0.2, 0.25) is 5.78 Å². The van der Waals surface area contributed by atoms with Gasteiger partial charge in [0, 0.05) is 40.7 Å². The van der Waals surface area contributed by atoms with Crippen molar-refractivity contribution in [3.05, 3.63) is 89.3 Å². The summed E-state index contributed by atoms with van der Waals surface area (Å²) in [5, 5.41) is 9.98. The van der Waals surface area contributed by atoms with E-state index in [2.05, 4.69) is 23.8 Å². The lowest BCUT2D eigenvalue weighted by molar-refractivity contribution is -0.146. The summed E-state index contributed by atoms with van der Waals surface area (Å²) in [5.74, 6) is -1.20. The van der Waals surface area contributed by atoms with Crippen LogP contribution in [-0.2, 0) is 11.2 Å². The van der Waals surface area contributed by atoms with E-state index in [1.165, 1.54) is 6.33 Å². The number of fused-ring (bicyclic) bond motifs is 1. The predicted octanol–water partition coefficient (Wildman–Crippen LogP) is 6.63. The second kappa shape index (κ2) is 10.2. The minimum absolute atomic E-state index is 0.0265. The van der Waals surface area contributed by atoms with Crippen molar-refractivity contribution in [3.63, 3.8) is 0 Å². The first kappa shape index (κ1) is 27.9. The molecule has 0 unspecified atom stereocenters. The largest absolute Gasteiger partial charge is 0.481 e. The third-order valence-electron chi connectivity index (χ3n) is 7.09. The van der Waals surface area contributed by atoms with Gasteiger partial charge in [0.1, 0.15) is 6.33 Å². The number of pyridine rings is 1. The fourth-order valence-corrected chi connectivity index (χ4v) is 4.64. The van der Waals surface area contributed by atoms with Crippen molar-refractivity contribution in [1.29, 1.82) is 0 Å². The number of benzene rings is 1. The highest BCUT2D eigenvalue weighted by molar-refractivity contribution is 6.15. The molecule has 0 atom stereocenters. The Morgan fingerprint density at radius 1 is 0.923 bits per heavy atom. The number of carboxylic acids is 1. The maximum absolute atomic E-state index is 14.2. The lowest BCUT2D eigenvalue weighted by atomic mass is 9.79. The smallest absolute Gasteiger partial charge is 0.309 e. The summed E-state index contributed by atoms with van der Waals surface area (Å²) in [6.07, 6.45) is 6.71. The molecule has 0 spiro atoms. The molecule has 3 aromatic heterocycles. The number of aliphatic carboxylic acids is 1. The molecule has 4 aromatic rings. The lowest BCUT2D eigenvalue weighted by Gasteiger charge is -2.22. The molecule has 1 aromatic carbocycles. The molecular weight excluding hydrogens is 490 g/mol. The van der Waals surface area contributed by atoms with Crippen molar-refractivity contribution >= 4 is 23.1 Å². The first-order valence-electron chi connectivity index (χ1n) is 13.1. The van der Waals surface area contributed by atoms with Gasteiger partial charge in [-0.1, -0.05) is 58.9 Å². The van der Waals surface area contributed by atoms with Gasteiger partial charge in [-0.25, -0.2) is 9.97 Å². The average molecular weight is 526 g/mol. The molecule has 7 heteroatoms. The first-order chi connectivity index (χ1) is 18.2. The zero-order valence-corrected chi connectivity index (χ0v) is 23.6. The molecule has 0 aliphatic heterocycles. The molecule has 0 fully saturated rings. The van der Waals surface area contributed by atoms with Crippen LogP contribution in [-0.4, -0.2) is 37.0 Å². The van der Waals surface area contributed by atoms with Crippen molar-refractivity contribution in [1.82, 2.24) is 14.4 Å². The summed E-state index contributed by atoms with van der Waals surface area (Å²) in [6.45, 7) is 12.9. The van der Waals surface area contributed by atoms with Crippen LogP contribution in [0.15, 0.2) is 61.3 Å². The molecule has 202 valence electrons. The maximum atomic E-state index is 14.2. The molecule has 0 saturated carbocycles. The summed E-state index contributed by atoms with van der Waals surface area (Å²) in [6, 6.07) is 11.1. The Bertz CT molecular complexity index is 1560. The van der Waals surface area contributed by atoms with E-state index in [0.717, 1.165) is 16.7 Å². The highest BCUT2D eigenvalue weighted by Gasteiger charge is 2.37. The van der Waals surface area contributed by atoms with Crippen molar-refractivity contribution in [2.45, 2.75) is 60.8 Å². The number of ketones is 2. The number of carboxylic acid groups (broad SMARTS) is 1. The second-order valence-corrected chi connectivity index (χ2v) is 12.1. The molecule has 1 N–H and O–H groups in total.